The third-order valence-corrected chi connectivity index (χ3v) is 2.27. The number of amides is 1. The van der Waals surface area contributed by atoms with Crippen molar-refractivity contribution in [1.29, 1.82) is 0 Å². The van der Waals surface area contributed by atoms with Crippen LogP contribution in [-0.2, 0) is 11.8 Å². The fraction of sp³-hybridized carbons (Fsp3) is 0.636. The summed E-state index contributed by atoms with van der Waals surface area (Å²) in [5.74, 6) is 0.693. The third kappa shape index (κ3) is 4.02. The van der Waals surface area contributed by atoms with Crippen molar-refractivity contribution in [2.45, 2.75) is 39.2 Å². The van der Waals surface area contributed by atoms with Crippen molar-refractivity contribution in [3.63, 3.8) is 0 Å². The molecule has 0 atom stereocenters. The maximum absolute atomic E-state index is 11.6. The summed E-state index contributed by atoms with van der Waals surface area (Å²) in [6.45, 7) is 5.71. The molecule has 1 aromatic heterocycles. The molecule has 0 aliphatic heterocycles. The number of aromatic nitrogens is 2. The fourth-order valence-corrected chi connectivity index (χ4v) is 1.37. The van der Waals surface area contributed by atoms with E-state index in [1.165, 1.54) is 0 Å². The molecule has 0 spiro atoms. The van der Waals surface area contributed by atoms with E-state index in [4.69, 9.17) is 5.73 Å². The third-order valence-electron chi connectivity index (χ3n) is 2.27. The average Bonchev–Trinajstić information content (AvgIpc) is 2.41. The molecule has 90 valence electrons. The van der Waals surface area contributed by atoms with Gasteiger partial charge in [0, 0.05) is 25.1 Å². The van der Waals surface area contributed by atoms with Gasteiger partial charge in [-0.25, -0.2) is 0 Å². The van der Waals surface area contributed by atoms with Gasteiger partial charge < -0.3 is 11.1 Å². The van der Waals surface area contributed by atoms with Crippen molar-refractivity contribution in [3.8, 4) is 0 Å². The molecule has 1 aromatic rings. The Kier molecular flexibility index (Phi) is 3.70. The summed E-state index contributed by atoms with van der Waals surface area (Å²) in [7, 11) is 1.80. The lowest BCUT2D eigenvalue weighted by Crippen LogP contribution is -2.33. The van der Waals surface area contributed by atoms with Crippen LogP contribution in [0.3, 0.4) is 0 Å². The summed E-state index contributed by atoms with van der Waals surface area (Å²) in [5.41, 5.74) is 6.39. The first kappa shape index (κ1) is 12.7. The van der Waals surface area contributed by atoms with Crippen molar-refractivity contribution in [2.24, 2.45) is 12.8 Å². The first-order valence-electron chi connectivity index (χ1n) is 5.37. The van der Waals surface area contributed by atoms with E-state index < -0.39 is 0 Å². The van der Waals surface area contributed by atoms with Crippen LogP contribution >= 0.6 is 0 Å². The second-order valence-electron chi connectivity index (χ2n) is 4.83. The number of hydrogen-bond donors (Lipinski definition) is 2. The molecule has 0 aromatic carbocycles. The quantitative estimate of drug-likeness (QED) is 0.806. The van der Waals surface area contributed by atoms with Crippen LogP contribution in [0.5, 0.6) is 0 Å². The topological polar surface area (TPSA) is 72.9 Å². The zero-order valence-corrected chi connectivity index (χ0v) is 10.4. The monoisotopic (exact) mass is 224 g/mol. The van der Waals surface area contributed by atoms with Gasteiger partial charge in [0.25, 0.3) is 0 Å². The molecule has 1 amide bonds. The molecule has 16 heavy (non-hydrogen) atoms. The zero-order chi connectivity index (χ0) is 12.3. The van der Waals surface area contributed by atoms with Gasteiger partial charge in [0.1, 0.15) is 5.82 Å². The molecule has 0 aliphatic carbocycles. The molecule has 0 unspecified atom stereocenters. The lowest BCUT2D eigenvalue weighted by molar-refractivity contribution is -0.116. The molecule has 0 fully saturated rings. The van der Waals surface area contributed by atoms with Gasteiger partial charge in [0.2, 0.25) is 5.91 Å². The zero-order valence-electron chi connectivity index (χ0n) is 10.4. The summed E-state index contributed by atoms with van der Waals surface area (Å²) in [6, 6.07) is 1.84. The normalized spacial score (nSPS) is 11.6. The van der Waals surface area contributed by atoms with Crippen LogP contribution in [0.1, 0.15) is 32.4 Å². The summed E-state index contributed by atoms with van der Waals surface area (Å²) < 4.78 is 1.65. The van der Waals surface area contributed by atoms with E-state index in [1.807, 2.05) is 26.8 Å². The van der Waals surface area contributed by atoms with Crippen LogP contribution in [0.15, 0.2) is 6.07 Å². The number of carbonyl (C=O) groups excluding carboxylic acids is 1. The van der Waals surface area contributed by atoms with Crippen molar-refractivity contribution in [2.75, 3.05) is 5.32 Å². The van der Waals surface area contributed by atoms with Gasteiger partial charge in [-0.1, -0.05) is 0 Å². The van der Waals surface area contributed by atoms with E-state index in [0.717, 1.165) is 11.5 Å². The van der Waals surface area contributed by atoms with E-state index in [1.54, 1.807) is 11.7 Å². The van der Waals surface area contributed by atoms with Gasteiger partial charge in [-0.3, -0.25) is 9.48 Å². The number of hydrogen-bond acceptors (Lipinski definition) is 3. The second kappa shape index (κ2) is 4.65. The first-order valence-corrected chi connectivity index (χ1v) is 5.37. The minimum Gasteiger partial charge on any atom is -0.326 e. The van der Waals surface area contributed by atoms with Gasteiger partial charge in [-0.15, -0.1) is 0 Å². The van der Waals surface area contributed by atoms with Crippen LogP contribution in [0, 0.1) is 6.92 Å². The minimum absolute atomic E-state index is 0.0264. The fourth-order valence-electron chi connectivity index (χ4n) is 1.37. The number of carbonyl (C=O) groups is 1. The van der Waals surface area contributed by atoms with E-state index in [0.29, 0.717) is 12.8 Å². The van der Waals surface area contributed by atoms with Gasteiger partial charge in [0.15, 0.2) is 0 Å². The largest absolute Gasteiger partial charge is 0.326 e. The maximum Gasteiger partial charge on any atom is 0.225 e. The Balaban J connectivity index is 2.49. The maximum atomic E-state index is 11.6. The SMILES string of the molecule is Cc1cc(NC(=O)CCC(C)(C)N)n(C)n1. The lowest BCUT2D eigenvalue weighted by Gasteiger charge is -2.17. The minimum atomic E-state index is -0.306. The lowest BCUT2D eigenvalue weighted by atomic mass is 10.00. The highest BCUT2D eigenvalue weighted by Crippen LogP contribution is 2.11. The number of nitrogens with one attached hydrogen (secondary N) is 1. The molecule has 0 radical (unpaired) electrons. The Morgan fingerprint density at radius 2 is 2.25 bits per heavy atom. The number of aryl methyl sites for hydroxylation is 2. The van der Waals surface area contributed by atoms with E-state index in [9.17, 15) is 4.79 Å². The molecule has 1 rings (SSSR count). The number of anilines is 1. The van der Waals surface area contributed by atoms with Crippen LogP contribution < -0.4 is 11.1 Å². The van der Waals surface area contributed by atoms with E-state index in [2.05, 4.69) is 10.4 Å². The van der Waals surface area contributed by atoms with Gasteiger partial charge in [0.05, 0.1) is 5.69 Å². The van der Waals surface area contributed by atoms with Crippen molar-refractivity contribution in [3.05, 3.63) is 11.8 Å². The van der Waals surface area contributed by atoms with Crippen molar-refractivity contribution in [1.82, 2.24) is 9.78 Å². The van der Waals surface area contributed by atoms with Crippen molar-refractivity contribution >= 4 is 11.7 Å². The van der Waals surface area contributed by atoms with Crippen LogP contribution in [0.4, 0.5) is 5.82 Å². The molecule has 1 heterocycles. The highest BCUT2D eigenvalue weighted by molar-refractivity contribution is 5.89. The highest BCUT2D eigenvalue weighted by atomic mass is 16.1. The average molecular weight is 224 g/mol. The standard InChI is InChI=1S/C11H20N4O/c1-8-7-9(15(4)14-8)13-10(16)5-6-11(2,3)12/h7H,5-6,12H2,1-4H3,(H,13,16). The molecule has 0 saturated heterocycles. The van der Waals surface area contributed by atoms with Crippen LogP contribution in [-0.4, -0.2) is 21.2 Å². The molecule has 0 aliphatic rings. The molecule has 3 N–H and O–H groups in total. The Hall–Kier alpha value is -1.36. The Morgan fingerprint density at radius 3 is 2.69 bits per heavy atom. The van der Waals surface area contributed by atoms with E-state index in [-0.39, 0.29) is 11.4 Å². The molecule has 5 heteroatoms. The first-order chi connectivity index (χ1) is 7.28. The number of nitrogens with zero attached hydrogens (tertiary/aromatic N) is 2. The molecule has 0 saturated carbocycles. The van der Waals surface area contributed by atoms with Crippen LogP contribution in [0.2, 0.25) is 0 Å². The summed E-state index contributed by atoms with van der Waals surface area (Å²) in [5, 5.41) is 6.96. The molecule has 0 bridgehead atoms. The van der Waals surface area contributed by atoms with Gasteiger partial charge in [-0.05, 0) is 27.2 Å². The number of rotatable bonds is 4. The molecular formula is C11H20N4O. The Morgan fingerprint density at radius 1 is 1.62 bits per heavy atom. The second-order valence-corrected chi connectivity index (χ2v) is 4.83. The summed E-state index contributed by atoms with van der Waals surface area (Å²) in [4.78, 5) is 11.6. The van der Waals surface area contributed by atoms with Gasteiger partial charge in [-0.2, -0.15) is 5.10 Å². The van der Waals surface area contributed by atoms with Crippen LogP contribution in [0.25, 0.3) is 0 Å². The number of nitrogens with two attached hydrogens (primary N) is 1. The highest BCUT2D eigenvalue weighted by Gasteiger charge is 2.14. The Labute approximate surface area is 96.0 Å². The summed E-state index contributed by atoms with van der Waals surface area (Å²) >= 11 is 0. The van der Waals surface area contributed by atoms with Gasteiger partial charge >= 0.3 is 0 Å². The predicted octanol–water partition coefficient (Wildman–Crippen LogP) is 1.18. The molecular weight excluding hydrogens is 204 g/mol. The molecule has 5 nitrogen and oxygen atoms in total. The smallest absolute Gasteiger partial charge is 0.225 e. The Bertz CT molecular complexity index is 376. The predicted molar refractivity (Wildman–Crippen MR) is 64.1 cm³/mol. The van der Waals surface area contributed by atoms with E-state index >= 15 is 0 Å². The van der Waals surface area contributed by atoms with Crippen molar-refractivity contribution < 1.29 is 4.79 Å². The summed E-state index contributed by atoms with van der Waals surface area (Å²) in [6.07, 6.45) is 1.09.